The maximum absolute atomic E-state index is 12.9. The smallest absolute Gasteiger partial charge is 0.390 e. The van der Waals surface area contributed by atoms with Gasteiger partial charge in [0.15, 0.2) is 0 Å². The summed E-state index contributed by atoms with van der Waals surface area (Å²) in [5.74, 6) is -5.53. The molecule has 0 bridgehead atoms. The number of hydrogen-bond acceptors (Lipinski definition) is 1. The fraction of sp³-hybridized carbons (Fsp3) is 0.333. The number of hydrogen-bond donors (Lipinski definition) is 1. The molecule has 0 saturated heterocycles. The Labute approximate surface area is 86.3 Å². The van der Waals surface area contributed by atoms with Crippen LogP contribution in [0.4, 0.5) is 26.3 Å². The van der Waals surface area contributed by atoms with E-state index in [4.69, 9.17) is 5.11 Å². The third-order valence-corrected chi connectivity index (χ3v) is 1.89. The topological polar surface area (TPSA) is 20.2 Å². The molecule has 0 fully saturated rings. The van der Waals surface area contributed by atoms with Gasteiger partial charge in [-0.2, -0.15) is 22.0 Å². The summed E-state index contributed by atoms with van der Waals surface area (Å²) in [6.45, 7) is -1.76. The van der Waals surface area contributed by atoms with Crippen molar-refractivity contribution < 1.29 is 31.4 Å². The van der Waals surface area contributed by atoms with E-state index >= 15 is 0 Å². The first kappa shape index (κ1) is 12.8. The van der Waals surface area contributed by atoms with Crippen LogP contribution >= 0.6 is 0 Å². The molecule has 1 rings (SSSR count). The molecule has 1 aromatic rings. The van der Waals surface area contributed by atoms with E-state index in [1.165, 1.54) is 0 Å². The van der Waals surface area contributed by atoms with Gasteiger partial charge in [-0.25, -0.2) is 4.39 Å². The molecule has 1 nitrogen and oxygen atoms in total. The molecule has 16 heavy (non-hydrogen) atoms. The number of benzene rings is 1. The molecule has 1 N–H and O–H groups in total. The molecule has 0 aliphatic rings. The Bertz CT molecular complexity index is 384. The van der Waals surface area contributed by atoms with Crippen LogP contribution in [0.15, 0.2) is 18.2 Å². The highest BCUT2D eigenvalue weighted by molar-refractivity contribution is 5.30. The molecule has 1 aromatic carbocycles. The predicted octanol–water partition coefficient (Wildman–Crippen LogP) is 2.93. The lowest BCUT2D eigenvalue weighted by atomic mass is 10.0. The molecule has 0 spiro atoms. The first-order chi connectivity index (χ1) is 7.18. The minimum Gasteiger partial charge on any atom is -0.390 e. The third-order valence-electron chi connectivity index (χ3n) is 1.89. The van der Waals surface area contributed by atoms with E-state index in [2.05, 4.69) is 0 Å². The summed E-state index contributed by atoms with van der Waals surface area (Å²) in [7, 11) is 0. The Morgan fingerprint density at radius 3 is 2.06 bits per heavy atom. The minimum atomic E-state index is -4.84. The largest absolute Gasteiger partial charge is 0.416 e. The first-order valence-corrected chi connectivity index (χ1v) is 4.04. The van der Waals surface area contributed by atoms with Crippen LogP contribution in [-0.2, 0) is 12.1 Å². The SMILES string of the molecule is OCC(F)(F)c1cc(C(F)(F)F)ccc1F. The predicted molar refractivity (Wildman–Crippen MR) is 42.4 cm³/mol. The molecule has 0 aromatic heterocycles. The van der Waals surface area contributed by atoms with Crippen molar-refractivity contribution >= 4 is 0 Å². The van der Waals surface area contributed by atoms with Gasteiger partial charge in [-0.3, -0.25) is 0 Å². The van der Waals surface area contributed by atoms with Crippen molar-refractivity contribution in [2.45, 2.75) is 12.1 Å². The van der Waals surface area contributed by atoms with Crippen molar-refractivity contribution in [1.29, 1.82) is 0 Å². The molecule has 0 saturated carbocycles. The number of halogens is 6. The zero-order chi connectivity index (χ0) is 12.6. The highest BCUT2D eigenvalue weighted by Gasteiger charge is 2.38. The van der Waals surface area contributed by atoms with Crippen LogP contribution < -0.4 is 0 Å². The van der Waals surface area contributed by atoms with Gasteiger partial charge in [0, 0.05) is 0 Å². The summed E-state index contributed by atoms with van der Waals surface area (Å²) in [6, 6.07) is 0.638. The quantitative estimate of drug-likeness (QED) is 0.793. The molecular weight excluding hydrogens is 238 g/mol. The van der Waals surface area contributed by atoms with Gasteiger partial charge in [0.2, 0.25) is 0 Å². The van der Waals surface area contributed by atoms with Crippen LogP contribution in [0.1, 0.15) is 11.1 Å². The van der Waals surface area contributed by atoms with Crippen molar-refractivity contribution in [3.8, 4) is 0 Å². The lowest BCUT2D eigenvalue weighted by molar-refractivity contribution is -0.138. The van der Waals surface area contributed by atoms with E-state index < -0.39 is 35.6 Å². The second-order valence-electron chi connectivity index (χ2n) is 3.05. The summed E-state index contributed by atoms with van der Waals surface area (Å²) in [5.41, 5.74) is -2.86. The summed E-state index contributed by atoms with van der Waals surface area (Å²) in [6.07, 6.45) is -4.84. The highest BCUT2D eigenvalue weighted by atomic mass is 19.4. The molecule has 90 valence electrons. The molecule has 0 unspecified atom stereocenters. The van der Waals surface area contributed by atoms with E-state index in [1.807, 2.05) is 0 Å². The number of alkyl halides is 5. The molecule has 0 aliphatic heterocycles. The lowest BCUT2D eigenvalue weighted by Gasteiger charge is -2.16. The molecule has 0 amide bonds. The average molecular weight is 244 g/mol. The molecule has 0 radical (unpaired) electrons. The van der Waals surface area contributed by atoms with E-state index in [-0.39, 0.29) is 6.07 Å². The standard InChI is InChI=1S/C9H6F6O/c10-7-2-1-5(9(13,14)15)3-6(7)8(11,12)4-16/h1-3,16H,4H2. The number of aliphatic hydroxyl groups excluding tert-OH is 1. The van der Waals surface area contributed by atoms with Crippen molar-refractivity contribution in [3.05, 3.63) is 35.1 Å². The third kappa shape index (κ3) is 2.46. The van der Waals surface area contributed by atoms with Crippen LogP contribution in [0.5, 0.6) is 0 Å². The second-order valence-corrected chi connectivity index (χ2v) is 3.05. The average Bonchev–Trinajstić information content (AvgIpc) is 2.16. The molecule has 0 atom stereocenters. The van der Waals surface area contributed by atoms with Gasteiger partial charge in [0.05, 0.1) is 11.1 Å². The van der Waals surface area contributed by atoms with E-state index in [0.29, 0.717) is 12.1 Å². The summed E-state index contributed by atoms with van der Waals surface area (Å²) >= 11 is 0. The molecular formula is C9H6F6O. The van der Waals surface area contributed by atoms with Crippen LogP contribution in [0.2, 0.25) is 0 Å². The zero-order valence-electron chi connectivity index (χ0n) is 7.65. The van der Waals surface area contributed by atoms with Crippen LogP contribution in [-0.4, -0.2) is 11.7 Å². The highest BCUT2D eigenvalue weighted by Crippen LogP contribution is 2.35. The van der Waals surface area contributed by atoms with E-state index in [1.54, 1.807) is 0 Å². The normalized spacial score (nSPS) is 12.9. The van der Waals surface area contributed by atoms with Gasteiger partial charge in [0.1, 0.15) is 12.4 Å². The summed E-state index contributed by atoms with van der Waals surface area (Å²) in [4.78, 5) is 0. The van der Waals surface area contributed by atoms with Gasteiger partial charge in [0.25, 0.3) is 5.92 Å². The monoisotopic (exact) mass is 244 g/mol. The second kappa shape index (κ2) is 3.97. The van der Waals surface area contributed by atoms with E-state index in [0.717, 1.165) is 0 Å². The summed E-state index contributed by atoms with van der Waals surface area (Å²) in [5, 5.41) is 8.27. The maximum atomic E-state index is 12.9. The fourth-order valence-corrected chi connectivity index (χ4v) is 1.07. The van der Waals surface area contributed by atoms with Gasteiger partial charge in [-0.15, -0.1) is 0 Å². The Morgan fingerprint density at radius 2 is 1.62 bits per heavy atom. The van der Waals surface area contributed by atoms with Crippen molar-refractivity contribution in [3.63, 3.8) is 0 Å². The van der Waals surface area contributed by atoms with Gasteiger partial charge in [-0.1, -0.05) is 0 Å². The van der Waals surface area contributed by atoms with Gasteiger partial charge < -0.3 is 5.11 Å². The maximum Gasteiger partial charge on any atom is 0.416 e. The number of rotatable bonds is 2. The van der Waals surface area contributed by atoms with E-state index in [9.17, 15) is 26.3 Å². The van der Waals surface area contributed by atoms with Crippen LogP contribution in [0.3, 0.4) is 0 Å². The Kier molecular flexibility index (Phi) is 3.18. The van der Waals surface area contributed by atoms with Crippen molar-refractivity contribution in [2.75, 3.05) is 6.61 Å². The number of aliphatic hydroxyl groups is 1. The van der Waals surface area contributed by atoms with Gasteiger partial charge >= 0.3 is 6.18 Å². The Morgan fingerprint density at radius 1 is 1.06 bits per heavy atom. The minimum absolute atomic E-state index is 0.00838. The van der Waals surface area contributed by atoms with Crippen molar-refractivity contribution in [2.24, 2.45) is 0 Å². The molecule has 0 heterocycles. The Balaban J connectivity index is 3.30. The lowest BCUT2D eigenvalue weighted by Crippen LogP contribution is -2.21. The van der Waals surface area contributed by atoms with Crippen molar-refractivity contribution in [1.82, 2.24) is 0 Å². The van der Waals surface area contributed by atoms with Crippen LogP contribution in [0.25, 0.3) is 0 Å². The first-order valence-electron chi connectivity index (χ1n) is 4.04. The summed E-state index contributed by atoms with van der Waals surface area (Å²) < 4.78 is 75.1. The molecule has 0 aliphatic carbocycles. The Hall–Kier alpha value is -1.24. The van der Waals surface area contributed by atoms with Crippen LogP contribution in [0, 0.1) is 5.82 Å². The molecule has 7 heteroatoms. The zero-order valence-corrected chi connectivity index (χ0v) is 7.65. The fourth-order valence-electron chi connectivity index (χ4n) is 1.07. The van der Waals surface area contributed by atoms with Gasteiger partial charge in [-0.05, 0) is 18.2 Å².